The second-order valence-electron chi connectivity index (χ2n) is 4.35. The van der Waals surface area contributed by atoms with Crippen molar-refractivity contribution in [3.05, 3.63) is 28.2 Å². The van der Waals surface area contributed by atoms with Crippen molar-refractivity contribution in [2.75, 3.05) is 13.7 Å². The summed E-state index contributed by atoms with van der Waals surface area (Å²) in [5.74, 6) is -0.664. The largest absolute Gasteiger partial charge is 0.507 e. The molecule has 1 heterocycles. The lowest BCUT2D eigenvalue weighted by atomic mass is 10.1. The topological polar surface area (TPSA) is 66.8 Å². The summed E-state index contributed by atoms with van der Waals surface area (Å²) in [4.78, 5) is 25.4. The Kier molecular flexibility index (Phi) is 4.09. The van der Waals surface area contributed by atoms with E-state index in [4.69, 9.17) is 4.74 Å². The van der Waals surface area contributed by atoms with Crippen LogP contribution in [-0.4, -0.2) is 41.6 Å². The fourth-order valence-corrected chi connectivity index (χ4v) is 2.45. The van der Waals surface area contributed by atoms with Gasteiger partial charge in [-0.25, -0.2) is 4.79 Å². The number of nitrogens with zero attached hydrogens (tertiary/aromatic N) is 1. The molecule has 1 amide bonds. The molecule has 0 bridgehead atoms. The number of halogens is 1. The Morgan fingerprint density at radius 1 is 1.47 bits per heavy atom. The van der Waals surface area contributed by atoms with E-state index in [1.165, 1.54) is 18.1 Å². The third-order valence-electron chi connectivity index (χ3n) is 3.18. The van der Waals surface area contributed by atoms with Crippen molar-refractivity contribution in [3.63, 3.8) is 0 Å². The van der Waals surface area contributed by atoms with Gasteiger partial charge in [0, 0.05) is 12.1 Å². The second kappa shape index (κ2) is 5.61. The van der Waals surface area contributed by atoms with Crippen LogP contribution in [0, 0.1) is 0 Å². The minimum Gasteiger partial charge on any atom is -0.507 e. The number of aromatic hydroxyl groups is 1. The molecule has 1 aliphatic rings. The predicted octanol–water partition coefficient (Wildman–Crippen LogP) is 1.93. The summed E-state index contributed by atoms with van der Waals surface area (Å²) in [6, 6.07) is 4.08. The van der Waals surface area contributed by atoms with Crippen molar-refractivity contribution in [1.29, 1.82) is 0 Å². The van der Waals surface area contributed by atoms with Gasteiger partial charge in [0.25, 0.3) is 5.91 Å². The molecule has 2 rings (SSSR count). The smallest absolute Gasteiger partial charge is 0.328 e. The average molecular weight is 328 g/mol. The number of hydrogen-bond acceptors (Lipinski definition) is 4. The lowest BCUT2D eigenvalue weighted by Gasteiger charge is -2.22. The Hall–Kier alpha value is -1.56. The third-order valence-corrected chi connectivity index (χ3v) is 3.85. The molecule has 1 N–H and O–H groups in total. The number of rotatable bonds is 2. The molecule has 1 aliphatic heterocycles. The Bertz CT molecular complexity index is 517. The van der Waals surface area contributed by atoms with Gasteiger partial charge in [0.2, 0.25) is 0 Å². The molecule has 1 aromatic carbocycles. The van der Waals surface area contributed by atoms with Crippen LogP contribution < -0.4 is 0 Å². The lowest BCUT2D eigenvalue weighted by Crippen LogP contribution is -2.41. The third kappa shape index (κ3) is 2.73. The summed E-state index contributed by atoms with van der Waals surface area (Å²) in [6.07, 6.45) is 1.38. The number of likely N-dealkylation sites (tertiary alicyclic amines) is 1. The summed E-state index contributed by atoms with van der Waals surface area (Å²) in [6.45, 7) is 0.523. The number of methoxy groups -OCH3 is 1. The molecule has 1 atom stereocenters. The highest BCUT2D eigenvalue weighted by molar-refractivity contribution is 9.10. The first kappa shape index (κ1) is 13.9. The van der Waals surface area contributed by atoms with E-state index in [1.807, 2.05) is 0 Å². The van der Waals surface area contributed by atoms with Crippen LogP contribution in [0.5, 0.6) is 5.75 Å². The lowest BCUT2D eigenvalue weighted by molar-refractivity contribution is -0.145. The number of phenolic OH excluding ortho intramolecular Hbond substituents is 1. The number of hydrogen-bond donors (Lipinski definition) is 1. The SMILES string of the molecule is COC(=O)C1CCCN1C(=O)c1ccc(Br)c(O)c1. The maximum Gasteiger partial charge on any atom is 0.328 e. The van der Waals surface area contributed by atoms with Crippen LogP contribution >= 0.6 is 15.9 Å². The van der Waals surface area contributed by atoms with Crippen molar-refractivity contribution in [2.24, 2.45) is 0 Å². The van der Waals surface area contributed by atoms with Crippen LogP contribution in [0.3, 0.4) is 0 Å². The predicted molar refractivity (Wildman–Crippen MR) is 71.9 cm³/mol. The van der Waals surface area contributed by atoms with Gasteiger partial charge in [-0.1, -0.05) is 0 Å². The maximum absolute atomic E-state index is 12.3. The zero-order chi connectivity index (χ0) is 14.0. The van der Waals surface area contributed by atoms with Crippen molar-refractivity contribution in [3.8, 4) is 5.75 Å². The zero-order valence-electron chi connectivity index (χ0n) is 10.4. The highest BCUT2D eigenvalue weighted by atomic mass is 79.9. The van der Waals surface area contributed by atoms with E-state index in [-0.39, 0.29) is 11.7 Å². The molecule has 0 radical (unpaired) electrons. The van der Waals surface area contributed by atoms with Gasteiger partial charge < -0.3 is 14.7 Å². The molecule has 6 heteroatoms. The number of carbonyl (C=O) groups is 2. The van der Waals surface area contributed by atoms with Crippen LogP contribution in [0.4, 0.5) is 0 Å². The molecule has 1 unspecified atom stereocenters. The second-order valence-corrected chi connectivity index (χ2v) is 5.20. The van der Waals surface area contributed by atoms with E-state index in [9.17, 15) is 14.7 Å². The van der Waals surface area contributed by atoms with Gasteiger partial charge in [0.1, 0.15) is 11.8 Å². The summed E-state index contributed by atoms with van der Waals surface area (Å²) < 4.78 is 5.23. The van der Waals surface area contributed by atoms with Gasteiger partial charge in [-0.2, -0.15) is 0 Å². The normalized spacial score (nSPS) is 18.4. The number of benzene rings is 1. The molecule has 19 heavy (non-hydrogen) atoms. The summed E-state index contributed by atoms with van der Waals surface area (Å²) >= 11 is 3.16. The number of esters is 1. The van der Waals surface area contributed by atoms with Gasteiger partial charge in [-0.15, -0.1) is 0 Å². The molecule has 0 saturated carbocycles. The van der Waals surface area contributed by atoms with Crippen LogP contribution in [-0.2, 0) is 9.53 Å². The van der Waals surface area contributed by atoms with E-state index in [2.05, 4.69) is 15.9 Å². The standard InChI is InChI=1S/C13H14BrNO4/c1-19-13(18)10-3-2-6-15(10)12(17)8-4-5-9(14)11(16)7-8/h4-5,7,10,16H,2-3,6H2,1H3. The van der Waals surface area contributed by atoms with Crippen molar-refractivity contribution < 1.29 is 19.4 Å². The molecule has 1 aromatic rings. The van der Waals surface area contributed by atoms with E-state index in [0.29, 0.717) is 23.0 Å². The average Bonchev–Trinajstić information content (AvgIpc) is 2.89. The van der Waals surface area contributed by atoms with Gasteiger partial charge >= 0.3 is 5.97 Å². The van der Waals surface area contributed by atoms with Crippen molar-refractivity contribution in [1.82, 2.24) is 4.90 Å². The molecular weight excluding hydrogens is 314 g/mol. The van der Waals surface area contributed by atoms with Crippen LogP contribution in [0.1, 0.15) is 23.2 Å². The van der Waals surface area contributed by atoms with Gasteiger partial charge in [0.05, 0.1) is 11.6 Å². The van der Waals surface area contributed by atoms with Crippen LogP contribution in [0.15, 0.2) is 22.7 Å². The number of phenols is 1. The maximum atomic E-state index is 12.3. The minimum absolute atomic E-state index is 0.000310. The number of amides is 1. The van der Waals surface area contributed by atoms with E-state index < -0.39 is 12.0 Å². The Morgan fingerprint density at radius 3 is 2.84 bits per heavy atom. The number of ether oxygens (including phenoxy) is 1. The van der Waals surface area contributed by atoms with Crippen molar-refractivity contribution in [2.45, 2.75) is 18.9 Å². The summed E-state index contributed by atoms with van der Waals surface area (Å²) in [5.41, 5.74) is 0.358. The van der Waals surface area contributed by atoms with Gasteiger partial charge in [0.15, 0.2) is 0 Å². The monoisotopic (exact) mass is 327 g/mol. The highest BCUT2D eigenvalue weighted by Crippen LogP contribution is 2.27. The Morgan fingerprint density at radius 2 is 2.21 bits per heavy atom. The van der Waals surface area contributed by atoms with E-state index in [0.717, 1.165) is 6.42 Å². The molecule has 0 aliphatic carbocycles. The van der Waals surface area contributed by atoms with E-state index in [1.54, 1.807) is 12.1 Å². The quantitative estimate of drug-likeness (QED) is 0.843. The first-order chi connectivity index (χ1) is 9.04. The molecule has 102 valence electrons. The molecule has 0 aromatic heterocycles. The van der Waals surface area contributed by atoms with Crippen LogP contribution in [0.2, 0.25) is 0 Å². The summed E-state index contributed by atoms with van der Waals surface area (Å²) in [5, 5.41) is 9.60. The molecule has 1 saturated heterocycles. The first-order valence-electron chi connectivity index (χ1n) is 5.92. The van der Waals surface area contributed by atoms with Crippen molar-refractivity contribution >= 4 is 27.8 Å². The molecule has 5 nitrogen and oxygen atoms in total. The Labute approximate surface area is 119 Å². The highest BCUT2D eigenvalue weighted by Gasteiger charge is 2.35. The Balaban J connectivity index is 2.23. The van der Waals surface area contributed by atoms with Crippen LogP contribution in [0.25, 0.3) is 0 Å². The molecule has 1 fully saturated rings. The zero-order valence-corrected chi connectivity index (χ0v) is 12.0. The fourth-order valence-electron chi connectivity index (χ4n) is 2.20. The summed E-state index contributed by atoms with van der Waals surface area (Å²) in [7, 11) is 1.31. The van der Waals surface area contributed by atoms with Gasteiger partial charge in [-0.3, -0.25) is 4.79 Å². The molecular formula is C13H14BrNO4. The molecule has 0 spiro atoms. The minimum atomic E-state index is -0.525. The first-order valence-corrected chi connectivity index (χ1v) is 6.71. The van der Waals surface area contributed by atoms with Gasteiger partial charge in [-0.05, 0) is 47.0 Å². The van der Waals surface area contributed by atoms with E-state index >= 15 is 0 Å². The number of carbonyl (C=O) groups excluding carboxylic acids is 2. The fraction of sp³-hybridized carbons (Fsp3) is 0.385.